The van der Waals surface area contributed by atoms with Crippen LogP contribution in [0.1, 0.15) is 18.7 Å². The van der Waals surface area contributed by atoms with Crippen LogP contribution >= 0.6 is 0 Å². The van der Waals surface area contributed by atoms with Gasteiger partial charge in [0, 0.05) is 18.4 Å². The quantitative estimate of drug-likeness (QED) is 0.873. The highest BCUT2D eigenvalue weighted by Crippen LogP contribution is 2.25. The van der Waals surface area contributed by atoms with Gasteiger partial charge in [0.1, 0.15) is 0 Å². The Hall–Kier alpha value is -2.44. The van der Waals surface area contributed by atoms with Crippen LogP contribution in [0.15, 0.2) is 22.6 Å². The Labute approximate surface area is 114 Å². The minimum absolute atomic E-state index is 0.0437. The number of nitrogens with zero attached hydrogens (tertiary/aromatic N) is 2. The van der Waals surface area contributed by atoms with Gasteiger partial charge in [-0.25, -0.2) is 4.39 Å². The van der Waals surface area contributed by atoms with E-state index in [9.17, 15) is 9.18 Å². The summed E-state index contributed by atoms with van der Waals surface area (Å²) < 4.78 is 23.6. The first-order chi connectivity index (χ1) is 9.60. The average molecular weight is 280 g/mol. The second-order valence-electron chi connectivity index (χ2n) is 4.10. The van der Waals surface area contributed by atoms with E-state index in [2.05, 4.69) is 10.2 Å². The molecule has 0 saturated carbocycles. The minimum Gasteiger partial charge on any atom is -0.494 e. The van der Waals surface area contributed by atoms with E-state index in [0.717, 1.165) is 0 Å². The van der Waals surface area contributed by atoms with Crippen LogP contribution in [0.5, 0.6) is 5.75 Å². The lowest BCUT2D eigenvalue weighted by molar-refractivity contribution is -0.137. The predicted molar refractivity (Wildman–Crippen MR) is 66.8 cm³/mol. The van der Waals surface area contributed by atoms with Crippen molar-refractivity contribution in [2.45, 2.75) is 19.3 Å². The van der Waals surface area contributed by atoms with Crippen molar-refractivity contribution in [1.29, 1.82) is 0 Å². The van der Waals surface area contributed by atoms with Crippen molar-refractivity contribution in [3.05, 3.63) is 29.9 Å². The van der Waals surface area contributed by atoms with Crippen LogP contribution in [0.2, 0.25) is 0 Å². The first kappa shape index (κ1) is 14.0. The molecule has 1 aromatic heterocycles. The Kier molecular flexibility index (Phi) is 4.29. The van der Waals surface area contributed by atoms with Crippen LogP contribution in [0.4, 0.5) is 4.39 Å². The van der Waals surface area contributed by atoms with Crippen LogP contribution in [-0.2, 0) is 11.2 Å². The standard InChI is InChI=1S/C13H13FN2O4/c1-19-10-7-8(5-6-9(10)14)13-16-15-11(20-13)3-2-4-12(17)18/h5-7H,2-4H2,1H3,(H,17,18). The Morgan fingerprint density at radius 1 is 1.45 bits per heavy atom. The SMILES string of the molecule is COc1cc(-c2nnc(CCCC(=O)O)o2)ccc1F. The van der Waals surface area contributed by atoms with Crippen LogP contribution < -0.4 is 4.74 Å². The van der Waals surface area contributed by atoms with Crippen LogP contribution in [0, 0.1) is 5.82 Å². The summed E-state index contributed by atoms with van der Waals surface area (Å²) in [5, 5.41) is 16.2. The molecule has 106 valence electrons. The maximum atomic E-state index is 13.3. The van der Waals surface area contributed by atoms with Gasteiger partial charge in [-0.1, -0.05) is 0 Å². The number of aromatic nitrogens is 2. The number of methoxy groups -OCH3 is 1. The molecule has 0 unspecified atom stereocenters. The molecule has 0 amide bonds. The van der Waals surface area contributed by atoms with Gasteiger partial charge in [-0.05, 0) is 24.6 Å². The zero-order chi connectivity index (χ0) is 14.5. The summed E-state index contributed by atoms with van der Waals surface area (Å²) in [6, 6.07) is 4.22. The topological polar surface area (TPSA) is 85.5 Å². The van der Waals surface area contributed by atoms with E-state index in [0.29, 0.717) is 24.3 Å². The fourth-order valence-corrected chi connectivity index (χ4v) is 1.65. The van der Waals surface area contributed by atoms with Crippen molar-refractivity contribution < 1.29 is 23.4 Å². The van der Waals surface area contributed by atoms with Crippen molar-refractivity contribution in [3.63, 3.8) is 0 Å². The number of carboxylic acid groups (broad SMARTS) is 1. The minimum atomic E-state index is -0.868. The summed E-state index contributed by atoms with van der Waals surface area (Å²) in [5.74, 6) is -0.656. The maximum Gasteiger partial charge on any atom is 0.303 e. The smallest absolute Gasteiger partial charge is 0.303 e. The number of rotatable bonds is 6. The van der Waals surface area contributed by atoms with Crippen LogP contribution in [0.25, 0.3) is 11.5 Å². The lowest BCUT2D eigenvalue weighted by atomic mass is 10.2. The third-order valence-electron chi connectivity index (χ3n) is 2.65. The molecule has 0 aliphatic rings. The van der Waals surface area contributed by atoms with Gasteiger partial charge < -0.3 is 14.3 Å². The summed E-state index contributed by atoms with van der Waals surface area (Å²) in [6.45, 7) is 0. The van der Waals surface area contributed by atoms with Gasteiger partial charge in [0.15, 0.2) is 11.6 Å². The normalized spacial score (nSPS) is 10.5. The van der Waals surface area contributed by atoms with E-state index in [4.69, 9.17) is 14.3 Å². The van der Waals surface area contributed by atoms with Crippen molar-refractivity contribution in [1.82, 2.24) is 10.2 Å². The van der Waals surface area contributed by atoms with E-state index in [-0.39, 0.29) is 18.1 Å². The number of benzene rings is 1. The Balaban J connectivity index is 2.10. The number of aryl methyl sites for hydroxylation is 1. The molecule has 2 rings (SSSR count). The van der Waals surface area contributed by atoms with Crippen molar-refractivity contribution >= 4 is 5.97 Å². The molecule has 0 aliphatic carbocycles. The summed E-state index contributed by atoms with van der Waals surface area (Å²) in [6.07, 6.45) is 0.851. The van der Waals surface area contributed by atoms with E-state index < -0.39 is 11.8 Å². The molecule has 0 bridgehead atoms. The molecule has 1 aromatic carbocycles. The molecule has 20 heavy (non-hydrogen) atoms. The van der Waals surface area contributed by atoms with Gasteiger partial charge in [-0.15, -0.1) is 10.2 Å². The highest BCUT2D eigenvalue weighted by molar-refractivity contribution is 5.66. The predicted octanol–water partition coefficient (Wildman–Crippen LogP) is 2.29. The Bertz CT molecular complexity index is 612. The lowest BCUT2D eigenvalue weighted by Crippen LogP contribution is -1.95. The van der Waals surface area contributed by atoms with E-state index in [1.165, 1.54) is 25.3 Å². The van der Waals surface area contributed by atoms with Gasteiger partial charge in [-0.2, -0.15) is 0 Å². The fourth-order valence-electron chi connectivity index (χ4n) is 1.65. The van der Waals surface area contributed by atoms with Crippen LogP contribution in [0.3, 0.4) is 0 Å². The molecule has 0 spiro atoms. The number of aliphatic carboxylic acids is 1. The first-order valence-electron chi connectivity index (χ1n) is 5.98. The summed E-state index contributed by atoms with van der Waals surface area (Å²) in [7, 11) is 1.37. The monoisotopic (exact) mass is 280 g/mol. The van der Waals surface area contributed by atoms with E-state index >= 15 is 0 Å². The molecule has 7 heteroatoms. The number of carbonyl (C=O) groups is 1. The molecule has 1 heterocycles. The zero-order valence-corrected chi connectivity index (χ0v) is 10.8. The van der Waals surface area contributed by atoms with Crippen molar-refractivity contribution in [3.8, 4) is 17.2 Å². The number of ether oxygens (including phenoxy) is 1. The van der Waals surface area contributed by atoms with Crippen molar-refractivity contribution in [2.24, 2.45) is 0 Å². The highest BCUT2D eigenvalue weighted by Gasteiger charge is 2.12. The first-order valence-corrected chi connectivity index (χ1v) is 5.98. The zero-order valence-electron chi connectivity index (χ0n) is 10.8. The lowest BCUT2D eigenvalue weighted by Gasteiger charge is -2.02. The second-order valence-corrected chi connectivity index (χ2v) is 4.10. The van der Waals surface area contributed by atoms with E-state index in [1.54, 1.807) is 0 Å². The average Bonchev–Trinajstić information content (AvgIpc) is 2.87. The third kappa shape index (κ3) is 3.31. The van der Waals surface area contributed by atoms with Gasteiger partial charge >= 0.3 is 5.97 Å². The molecular weight excluding hydrogens is 267 g/mol. The van der Waals surface area contributed by atoms with Gasteiger partial charge in [0.25, 0.3) is 0 Å². The summed E-state index contributed by atoms with van der Waals surface area (Å²) in [4.78, 5) is 10.4. The number of hydrogen-bond acceptors (Lipinski definition) is 5. The number of carboxylic acids is 1. The molecule has 1 N–H and O–H groups in total. The number of halogens is 1. The largest absolute Gasteiger partial charge is 0.494 e. The summed E-state index contributed by atoms with van der Waals surface area (Å²) >= 11 is 0. The van der Waals surface area contributed by atoms with Gasteiger partial charge in [-0.3, -0.25) is 4.79 Å². The number of hydrogen-bond donors (Lipinski definition) is 1. The van der Waals surface area contributed by atoms with Gasteiger partial charge in [0.05, 0.1) is 7.11 Å². The summed E-state index contributed by atoms with van der Waals surface area (Å²) in [5.41, 5.74) is 0.542. The molecule has 6 nitrogen and oxygen atoms in total. The molecule has 0 fully saturated rings. The highest BCUT2D eigenvalue weighted by atomic mass is 19.1. The Morgan fingerprint density at radius 3 is 2.95 bits per heavy atom. The maximum absolute atomic E-state index is 13.3. The Morgan fingerprint density at radius 2 is 2.25 bits per heavy atom. The van der Waals surface area contributed by atoms with Crippen molar-refractivity contribution in [2.75, 3.05) is 7.11 Å². The molecular formula is C13H13FN2O4. The van der Waals surface area contributed by atoms with Crippen LogP contribution in [-0.4, -0.2) is 28.4 Å². The second kappa shape index (κ2) is 6.14. The molecule has 2 aromatic rings. The molecule has 0 aliphatic heterocycles. The molecule has 0 atom stereocenters. The van der Waals surface area contributed by atoms with Gasteiger partial charge in [0.2, 0.25) is 11.8 Å². The third-order valence-corrected chi connectivity index (χ3v) is 2.65. The molecule has 0 radical (unpaired) electrons. The molecule has 0 saturated heterocycles. The van der Waals surface area contributed by atoms with E-state index in [1.807, 2.05) is 0 Å². The fraction of sp³-hybridized carbons (Fsp3) is 0.308.